The average molecular weight is 297 g/mol. The van der Waals surface area contributed by atoms with Gasteiger partial charge < -0.3 is 0 Å². The number of carbonyl (C=O) groups excluding carboxylic acids is 1. The molecule has 0 atom stereocenters. The molecule has 0 amide bonds. The second kappa shape index (κ2) is 5.97. The van der Waals surface area contributed by atoms with Crippen molar-refractivity contribution in [2.24, 2.45) is 0 Å². The van der Waals surface area contributed by atoms with Crippen LogP contribution in [0.25, 0.3) is 10.6 Å². The SMILES string of the molecule is O=C(Cc1csc(-c2ccccc2F)n1)c1ccccc1. The van der Waals surface area contributed by atoms with Gasteiger partial charge in [-0.25, -0.2) is 9.37 Å². The van der Waals surface area contributed by atoms with Crippen molar-refractivity contribution in [1.29, 1.82) is 0 Å². The van der Waals surface area contributed by atoms with Crippen LogP contribution in [-0.4, -0.2) is 10.8 Å². The van der Waals surface area contributed by atoms with Crippen molar-refractivity contribution in [1.82, 2.24) is 4.98 Å². The molecule has 0 unspecified atom stereocenters. The van der Waals surface area contributed by atoms with Crippen LogP contribution in [0.2, 0.25) is 0 Å². The molecule has 2 aromatic carbocycles. The Morgan fingerprint density at radius 3 is 2.52 bits per heavy atom. The lowest BCUT2D eigenvalue weighted by molar-refractivity contribution is 0.0992. The molecule has 0 aliphatic carbocycles. The Hall–Kier alpha value is -2.33. The highest BCUT2D eigenvalue weighted by Gasteiger charge is 2.12. The Balaban J connectivity index is 1.80. The van der Waals surface area contributed by atoms with Crippen molar-refractivity contribution in [3.63, 3.8) is 0 Å². The predicted octanol–water partition coefficient (Wildman–Crippen LogP) is 4.37. The van der Waals surface area contributed by atoms with E-state index in [1.807, 2.05) is 23.6 Å². The minimum atomic E-state index is -0.298. The van der Waals surface area contributed by atoms with Crippen LogP contribution in [0.5, 0.6) is 0 Å². The van der Waals surface area contributed by atoms with Crippen LogP contribution in [0.1, 0.15) is 16.1 Å². The van der Waals surface area contributed by atoms with Gasteiger partial charge in [-0.05, 0) is 12.1 Å². The maximum atomic E-state index is 13.7. The molecule has 3 rings (SSSR count). The van der Waals surface area contributed by atoms with Gasteiger partial charge in [0.15, 0.2) is 5.78 Å². The highest BCUT2D eigenvalue weighted by atomic mass is 32.1. The van der Waals surface area contributed by atoms with E-state index in [0.717, 1.165) is 0 Å². The van der Waals surface area contributed by atoms with Gasteiger partial charge in [-0.2, -0.15) is 0 Å². The van der Waals surface area contributed by atoms with Crippen molar-refractivity contribution in [2.75, 3.05) is 0 Å². The summed E-state index contributed by atoms with van der Waals surface area (Å²) in [6.07, 6.45) is 0.231. The Morgan fingerprint density at radius 1 is 1.05 bits per heavy atom. The van der Waals surface area contributed by atoms with Crippen molar-refractivity contribution >= 4 is 17.1 Å². The lowest BCUT2D eigenvalue weighted by atomic mass is 10.1. The molecule has 0 fully saturated rings. The summed E-state index contributed by atoms with van der Waals surface area (Å²) in [6, 6.07) is 15.6. The quantitative estimate of drug-likeness (QED) is 0.669. The van der Waals surface area contributed by atoms with Crippen LogP contribution in [-0.2, 0) is 6.42 Å². The zero-order chi connectivity index (χ0) is 14.7. The smallest absolute Gasteiger partial charge is 0.168 e. The van der Waals surface area contributed by atoms with Gasteiger partial charge in [0, 0.05) is 16.5 Å². The first-order chi connectivity index (χ1) is 10.2. The lowest BCUT2D eigenvalue weighted by Crippen LogP contribution is -2.03. The molecule has 0 bridgehead atoms. The second-order valence-corrected chi connectivity index (χ2v) is 5.45. The summed E-state index contributed by atoms with van der Waals surface area (Å²) in [6.45, 7) is 0. The Kier molecular flexibility index (Phi) is 3.88. The summed E-state index contributed by atoms with van der Waals surface area (Å²) >= 11 is 1.35. The monoisotopic (exact) mass is 297 g/mol. The number of benzene rings is 2. The standard InChI is InChI=1S/C17H12FNOS/c18-15-9-5-4-8-14(15)17-19-13(11-21-17)10-16(20)12-6-2-1-3-7-12/h1-9,11H,10H2. The maximum Gasteiger partial charge on any atom is 0.168 e. The molecule has 0 aliphatic heterocycles. The molecule has 21 heavy (non-hydrogen) atoms. The zero-order valence-electron chi connectivity index (χ0n) is 11.1. The van der Waals surface area contributed by atoms with E-state index < -0.39 is 0 Å². The topological polar surface area (TPSA) is 30.0 Å². The molecule has 3 aromatic rings. The minimum Gasteiger partial charge on any atom is -0.294 e. The van der Waals surface area contributed by atoms with E-state index in [-0.39, 0.29) is 18.0 Å². The van der Waals surface area contributed by atoms with Crippen LogP contribution in [0.4, 0.5) is 4.39 Å². The molecule has 0 saturated heterocycles. The number of hydrogen-bond acceptors (Lipinski definition) is 3. The molecule has 1 aromatic heterocycles. The van der Waals surface area contributed by atoms with Crippen LogP contribution in [0.3, 0.4) is 0 Å². The van der Waals surface area contributed by atoms with E-state index in [0.29, 0.717) is 21.8 Å². The molecular weight excluding hydrogens is 285 g/mol. The normalized spacial score (nSPS) is 10.5. The Morgan fingerprint density at radius 2 is 1.76 bits per heavy atom. The lowest BCUT2D eigenvalue weighted by Gasteiger charge is -1.99. The predicted molar refractivity (Wildman–Crippen MR) is 82.0 cm³/mol. The zero-order valence-corrected chi connectivity index (χ0v) is 11.9. The maximum absolute atomic E-state index is 13.7. The number of hydrogen-bond donors (Lipinski definition) is 0. The highest BCUT2D eigenvalue weighted by Crippen LogP contribution is 2.26. The number of rotatable bonds is 4. The number of nitrogens with zero attached hydrogens (tertiary/aromatic N) is 1. The fourth-order valence-corrected chi connectivity index (χ4v) is 2.88. The average Bonchev–Trinajstić information content (AvgIpc) is 2.97. The number of thiazole rings is 1. The summed E-state index contributed by atoms with van der Waals surface area (Å²) in [5, 5.41) is 2.41. The van der Waals surface area contributed by atoms with Crippen molar-refractivity contribution in [2.45, 2.75) is 6.42 Å². The molecule has 0 aliphatic rings. The van der Waals surface area contributed by atoms with Crippen molar-refractivity contribution in [3.05, 3.63) is 77.1 Å². The summed E-state index contributed by atoms with van der Waals surface area (Å²) < 4.78 is 13.7. The van der Waals surface area contributed by atoms with Gasteiger partial charge in [0.25, 0.3) is 0 Å². The highest BCUT2D eigenvalue weighted by molar-refractivity contribution is 7.13. The first-order valence-electron chi connectivity index (χ1n) is 6.51. The number of ketones is 1. The van der Waals surface area contributed by atoms with Crippen LogP contribution in [0.15, 0.2) is 60.0 Å². The largest absolute Gasteiger partial charge is 0.294 e. The summed E-state index contributed by atoms with van der Waals surface area (Å²) in [5.41, 5.74) is 1.81. The van der Waals surface area contributed by atoms with Crippen molar-refractivity contribution < 1.29 is 9.18 Å². The number of Topliss-reactive ketones (excluding diaryl/α,β-unsaturated/α-hetero) is 1. The van der Waals surface area contributed by atoms with Gasteiger partial charge >= 0.3 is 0 Å². The molecule has 0 radical (unpaired) electrons. The van der Waals surface area contributed by atoms with E-state index in [1.165, 1.54) is 17.4 Å². The number of aromatic nitrogens is 1. The van der Waals surface area contributed by atoms with Crippen LogP contribution in [0, 0.1) is 5.82 Å². The van der Waals surface area contributed by atoms with Gasteiger partial charge in [0.2, 0.25) is 0 Å². The Bertz CT molecular complexity index is 767. The van der Waals surface area contributed by atoms with Crippen molar-refractivity contribution in [3.8, 4) is 10.6 Å². The van der Waals surface area contributed by atoms with Gasteiger partial charge in [0.05, 0.1) is 12.1 Å². The fraction of sp³-hybridized carbons (Fsp3) is 0.0588. The molecule has 4 heteroatoms. The van der Waals surface area contributed by atoms with Gasteiger partial charge in [0.1, 0.15) is 10.8 Å². The molecule has 2 nitrogen and oxygen atoms in total. The van der Waals surface area contributed by atoms with E-state index in [9.17, 15) is 9.18 Å². The third-order valence-electron chi connectivity index (χ3n) is 3.09. The minimum absolute atomic E-state index is 0.0148. The molecular formula is C17H12FNOS. The van der Waals surface area contributed by atoms with E-state index in [1.54, 1.807) is 30.3 Å². The molecule has 1 heterocycles. The summed E-state index contributed by atoms with van der Waals surface area (Å²) in [5.74, 6) is -0.284. The fourth-order valence-electron chi connectivity index (χ4n) is 2.04. The molecule has 0 N–H and O–H groups in total. The molecule has 104 valence electrons. The first kappa shape index (κ1) is 13.6. The third kappa shape index (κ3) is 3.06. The Labute approximate surface area is 125 Å². The van der Waals surface area contributed by atoms with Gasteiger partial charge in [-0.3, -0.25) is 4.79 Å². The summed E-state index contributed by atoms with van der Waals surface area (Å²) in [4.78, 5) is 16.5. The van der Waals surface area contributed by atoms with Gasteiger partial charge in [-0.15, -0.1) is 11.3 Å². The second-order valence-electron chi connectivity index (χ2n) is 4.59. The summed E-state index contributed by atoms with van der Waals surface area (Å²) in [7, 11) is 0. The van der Waals surface area contributed by atoms with Gasteiger partial charge in [-0.1, -0.05) is 42.5 Å². The van der Waals surface area contributed by atoms with E-state index in [2.05, 4.69) is 4.98 Å². The van der Waals surface area contributed by atoms with E-state index in [4.69, 9.17) is 0 Å². The number of halogens is 1. The first-order valence-corrected chi connectivity index (χ1v) is 7.39. The van der Waals surface area contributed by atoms with E-state index >= 15 is 0 Å². The third-order valence-corrected chi connectivity index (χ3v) is 4.02. The number of carbonyl (C=O) groups is 1. The molecule has 0 spiro atoms. The van der Waals surface area contributed by atoms with Crippen LogP contribution < -0.4 is 0 Å². The molecule has 0 saturated carbocycles. The van der Waals surface area contributed by atoms with Crippen LogP contribution >= 0.6 is 11.3 Å².